The zero-order valence-corrected chi connectivity index (χ0v) is 16.7. The second-order valence-corrected chi connectivity index (χ2v) is 7.86. The van der Waals surface area contributed by atoms with E-state index in [0.29, 0.717) is 29.6 Å². The predicted molar refractivity (Wildman–Crippen MR) is 110 cm³/mol. The van der Waals surface area contributed by atoms with Crippen molar-refractivity contribution in [2.24, 2.45) is 0 Å². The highest BCUT2D eigenvalue weighted by Crippen LogP contribution is 2.20. The maximum absolute atomic E-state index is 12.5. The van der Waals surface area contributed by atoms with Gasteiger partial charge in [-0.2, -0.15) is 4.52 Å². The van der Waals surface area contributed by atoms with Crippen molar-refractivity contribution < 1.29 is 4.79 Å². The molecule has 0 fully saturated rings. The number of amides is 1. The largest absolute Gasteiger partial charge is 0.360 e. The molecule has 0 radical (unpaired) electrons. The normalized spacial score (nSPS) is 13.5. The summed E-state index contributed by atoms with van der Waals surface area (Å²) in [4.78, 5) is 31.5. The molecule has 1 aromatic carbocycles. The number of anilines is 1. The molecule has 146 valence electrons. The van der Waals surface area contributed by atoms with E-state index in [2.05, 4.69) is 33.6 Å². The summed E-state index contributed by atoms with van der Waals surface area (Å²) in [5.74, 6) is 0.186. The fourth-order valence-corrected chi connectivity index (χ4v) is 4.26. The molecule has 3 aromatic rings. The standard InChI is InChI=1S/C20H23N5O2S/c1-2-16-12-18(27)25-20(22-16)28-19(23-25)21-10-5-8-17(26)24-11-9-14-6-3-4-7-15(14)13-24/h3-4,6-7,12H,2,5,8-11,13H2,1H3,(H,21,23). The number of carbonyl (C=O) groups excluding carboxylic acids is 1. The van der Waals surface area contributed by atoms with Crippen LogP contribution in [0.25, 0.3) is 4.96 Å². The van der Waals surface area contributed by atoms with Crippen LogP contribution in [0.5, 0.6) is 0 Å². The summed E-state index contributed by atoms with van der Waals surface area (Å²) in [6.07, 6.45) is 2.86. The third kappa shape index (κ3) is 3.91. The molecule has 1 aliphatic heterocycles. The van der Waals surface area contributed by atoms with Gasteiger partial charge in [-0.3, -0.25) is 9.59 Å². The first-order valence-corrected chi connectivity index (χ1v) is 10.4. The molecule has 7 nitrogen and oxygen atoms in total. The first-order valence-electron chi connectivity index (χ1n) is 9.62. The molecule has 0 spiro atoms. The number of nitrogens with zero attached hydrogens (tertiary/aromatic N) is 4. The first-order chi connectivity index (χ1) is 13.6. The molecule has 0 saturated carbocycles. The summed E-state index contributed by atoms with van der Waals surface area (Å²) in [5.41, 5.74) is 3.21. The van der Waals surface area contributed by atoms with Gasteiger partial charge in [-0.1, -0.05) is 42.5 Å². The highest BCUT2D eigenvalue weighted by Gasteiger charge is 2.19. The molecule has 1 aliphatic rings. The van der Waals surface area contributed by atoms with Crippen molar-refractivity contribution in [3.05, 3.63) is 57.5 Å². The van der Waals surface area contributed by atoms with Crippen LogP contribution >= 0.6 is 11.3 Å². The molecule has 0 atom stereocenters. The lowest BCUT2D eigenvalue weighted by atomic mass is 9.99. The molecular formula is C20H23N5O2S. The van der Waals surface area contributed by atoms with E-state index in [1.807, 2.05) is 17.9 Å². The lowest BCUT2D eigenvalue weighted by molar-refractivity contribution is -0.132. The van der Waals surface area contributed by atoms with Gasteiger partial charge in [0, 0.05) is 37.8 Å². The van der Waals surface area contributed by atoms with E-state index in [1.165, 1.54) is 33.0 Å². The van der Waals surface area contributed by atoms with Crippen LogP contribution < -0.4 is 10.9 Å². The SMILES string of the molecule is CCc1cc(=O)n2nc(NCCCC(=O)N3CCc4ccccc4C3)sc2n1. The summed E-state index contributed by atoms with van der Waals surface area (Å²) in [7, 11) is 0. The quantitative estimate of drug-likeness (QED) is 0.647. The monoisotopic (exact) mass is 397 g/mol. The van der Waals surface area contributed by atoms with Gasteiger partial charge in [0.25, 0.3) is 5.56 Å². The Hall–Kier alpha value is -2.74. The van der Waals surface area contributed by atoms with Gasteiger partial charge in [0.15, 0.2) is 0 Å². The van der Waals surface area contributed by atoms with Gasteiger partial charge in [0.05, 0.1) is 0 Å². The lowest BCUT2D eigenvalue weighted by Crippen LogP contribution is -2.35. The van der Waals surface area contributed by atoms with E-state index in [1.54, 1.807) is 0 Å². The highest BCUT2D eigenvalue weighted by atomic mass is 32.1. The Balaban J connectivity index is 1.29. The molecule has 0 bridgehead atoms. The molecular weight excluding hydrogens is 374 g/mol. The van der Waals surface area contributed by atoms with Crippen molar-refractivity contribution in [2.45, 2.75) is 39.2 Å². The molecule has 1 amide bonds. The van der Waals surface area contributed by atoms with Gasteiger partial charge in [-0.05, 0) is 30.4 Å². The second-order valence-electron chi connectivity index (χ2n) is 6.91. The van der Waals surface area contributed by atoms with Crippen molar-refractivity contribution in [3.8, 4) is 0 Å². The number of nitrogens with one attached hydrogen (secondary N) is 1. The van der Waals surface area contributed by atoms with E-state index < -0.39 is 0 Å². The van der Waals surface area contributed by atoms with Crippen LogP contribution in [0.4, 0.5) is 5.13 Å². The molecule has 0 unspecified atom stereocenters. The Kier molecular flexibility index (Phi) is 5.38. The first kappa shape index (κ1) is 18.6. The number of aromatic nitrogens is 3. The van der Waals surface area contributed by atoms with E-state index >= 15 is 0 Å². The highest BCUT2D eigenvalue weighted by molar-refractivity contribution is 7.20. The summed E-state index contributed by atoms with van der Waals surface area (Å²) < 4.78 is 1.32. The molecule has 0 aliphatic carbocycles. The van der Waals surface area contributed by atoms with Crippen LogP contribution in [0.15, 0.2) is 35.1 Å². The number of hydrogen-bond donors (Lipinski definition) is 1. The van der Waals surface area contributed by atoms with Crippen molar-refractivity contribution >= 4 is 27.3 Å². The number of hydrogen-bond acceptors (Lipinski definition) is 6. The fraction of sp³-hybridized carbons (Fsp3) is 0.400. The van der Waals surface area contributed by atoms with Crippen LogP contribution in [-0.4, -0.2) is 38.5 Å². The summed E-state index contributed by atoms with van der Waals surface area (Å²) >= 11 is 1.35. The number of rotatable bonds is 6. The molecule has 0 saturated heterocycles. The maximum Gasteiger partial charge on any atom is 0.275 e. The molecule has 28 heavy (non-hydrogen) atoms. The van der Waals surface area contributed by atoms with Crippen molar-refractivity contribution in [1.82, 2.24) is 19.5 Å². The minimum Gasteiger partial charge on any atom is -0.360 e. The topological polar surface area (TPSA) is 79.6 Å². The predicted octanol–water partition coefficient (Wildman–Crippen LogP) is 2.49. The Morgan fingerprint density at radius 3 is 2.93 bits per heavy atom. The minimum absolute atomic E-state index is 0.160. The second kappa shape index (κ2) is 8.10. The molecule has 4 rings (SSSR count). The van der Waals surface area contributed by atoms with Crippen LogP contribution in [0, 0.1) is 0 Å². The average Bonchev–Trinajstić information content (AvgIpc) is 3.14. The molecule has 3 heterocycles. The van der Waals surface area contributed by atoms with Gasteiger partial charge >= 0.3 is 0 Å². The van der Waals surface area contributed by atoms with Crippen molar-refractivity contribution in [3.63, 3.8) is 0 Å². The summed E-state index contributed by atoms with van der Waals surface area (Å²) in [6.45, 7) is 4.09. The van der Waals surface area contributed by atoms with Gasteiger partial charge in [-0.15, -0.1) is 5.10 Å². The summed E-state index contributed by atoms with van der Waals surface area (Å²) in [5, 5.41) is 8.13. The van der Waals surface area contributed by atoms with Gasteiger partial charge in [0.1, 0.15) is 0 Å². The number of carbonyl (C=O) groups is 1. The van der Waals surface area contributed by atoms with Crippen LogP contribution in [0.1, 0.15) is 36.6 Å². The van der Waals surface area contributed by atoms with Crippen LogP contribution in [0.3, 0.4) is 0 Å². The van der Waals surface area contributed by atoms with Crippen molar-refractivity contribution in [1.29, 1.82) is 0 Å². The number of aryl methyl sites for hydroxylation is 1. The lowest BCUT2D eigenvalue weighted by Gasteiger charge is -2.29. The molecule has 8 heteroatoms. The minimum atomic E-state index is -0.160. The average molecular weight is 398 g/mol. The van der Waals surface area contributed by atoms with E-state index in [4.69, 9.17) is 0 Å². The third-order valence-corrected chi connectivity index (χ3v) is 5.85. The van der Waals surface area contributed by atoms with Crippen LogP contribution in [-0.2, 0) is 24.2 Å². The molecule has 1 N–H and O–H groups in total. The van der Waals surface area contributed by atoms with Crippen LogP contribution in [0.2, 0.25) is 0 Å². The Bertz CT molecular complexity index is 1060. The van der Waals surface area contributed by atoms with Gasteiger partial charge < -0.3 is 10.2 Å². The zero-order chi connectivity index (χ0) is 19.5. The maximum atomic E-state index is 12.5. The Morgan fingerprint density at radius 2 is 2.11 bits per heavy atom. The third-order valence-electron chi connectivity index (χ3n) is 4.99. The van der Waals surface area contributed by atoms with E-state index in [-0.39, 0.29) is 11.5 Å². The smallest absolute Gasteiger partial charge is 0.275 e. The zero-order valence-electron chi connectivity index (χ0n) is 15.9. The van der Waals surface area contributed by atoms with Crippen molar-refractivity contribution in [2.75, 3.05) is 18.4 Å². The van der Waals surface area contributed by atoms with Gasteiger partial charge in [0.2, 0.25) is 16.0 Å². The summed E-state index contributed by atoms with van der Waals surface area (Å²) in [6, 6.07) is 9.84. The van der Waals surface area contributed by atoms with E-state index in [9.17, 15) is 9.59 Å². The van der Waals surface area contributed by atoms with E-state index in [0.717, 1.165) is 31.5 Å². The number of fused-ring (bicyclic) bond motifs is 2. The Morgan fingerprint density at radius 1 is 1.29 bits per heavy atom. The Labute approximate surface area is 167 Å². The molecule has 2 aromatic heterocycles. The number of benzene rings is 1. The van der Waals surface area contributed by atoms with Gasteiger partial charge in [-0.25, -0.2) is 4.98 Å². The fourth-order valence-electron chi connectivity index (χ4n) is 3.41.